The van der Waals surface area contributed by atoms with E-state index >= 15 is 0 Å². The molecule has 1 heterocycles. The summed E-state index contributed by atoms with van der Waals surface area (Å²) in [6, 6.07) is 7.14. The van der Waals surface area contributed by atoms with Crippen LogP contribution in [0.2, 0.25) is 0 Å². The first kappa shape index (κ1) is 24.9. The number of aromatic amines is 1. The molecule has 0 saturated heterocycles. The zero-order valence-corrected chi connectivity index (χ0v) is 17.8. The van der Waals surface area contributed by atoms with Crippen molar-refractivity contribution >= 4 is 32.6 Å². The number of carbonyl (C=O) groups is 2. The Morgan fingerprint density at radius 2 is 1.69 bits per heavy atom. The molecule has 1 aromatic heterocycles. The summed E-state index contributed by atoms with van der Waals surface area (Å²) in [6.45, 7) is 2.56. The molecule has 1 amide bonds. The number of aliphatic carboxylic acids is 1. The van der Waals surface area contributed by atoms with Crippen LogP contribution in [0.15, 0.2) is 46.3 Å². The maximum atomic E-state index is 14.0. The van der Waals surface area contributed by atoms with Gasteiger partial charge in [-0.3, -0.25) is 4.79 Å². The molecular weight excluding hydrogens is 448 g/mol. The summed E-state index contributed by atoms with van der Waals surface area (Å²) in [4.78, 5) is 22.8. The zero-order valence-electron chi connectivity index (χ0n) is 17.0. The Morgan fingerprint density at radius 3 is 2.12 bits per heavy atom. The third-order valence-corrected chi connectivity index (χ3v) is 6.32. The zero-order chi connectivity index (χ0) is 24.4. The van der Waals surface area contributed by atoms with Crippen LogP contribution in [0.25, 0.3) is 10.9 Å². The molecule has 0 saturated carbocycles. The summed E-state index contributed by atoms with van der Waals surface area (Å²) < 4.78 is 53.0. The van der Waals surface area contributed by atoms with Gasteiger partial charge in [-0.15, -0.1) is 0 Å². The number of hydrogen-bond donors (Lipinski definition) is 5. The summed E-state index contributed by atoms with van der Waals surface area (Å²) in [5.74, 6) is -5.14. The van der Waals surface area contributed by atoms with Crippen LogP contribution in [0, 0.1) is 25.5 Å². The lowest BCUT2D eigenvalue weighted by molar-refractivity contribution is -0.149. The van der Waals surface area contributed by atoms with Crippen molar-refractivity contribution in [1.29, 1.82) is 0 Å². The fourth-order valence-electron chi connectivity index (χ4n) is 2.81. The molecule has 0 bridgehead atoms. The molecule has 1 atom stereocenters. The number of primary amides is 1. The van der Waals surface area contributed by atoms with Gasteiger partial charge in [-0.2, -0.15) is 0 Å². The Kier molecular flexibility index (Phi) is 7.03. The topological polar surface area (TPSA) is 177 Å². The van der Waals surface area contributed by atoms with Crippen molar-refractivity contribution in [2.24, 2.45) is 11.5 Å². The van der Waals surface area contributed by atoms with Gasteiger partial charge in [0, 0.05) is 11.7 Å². The van der Waals surface area contributed by atoms with Gasteiger partial charge >= 0.3 is 5.97 Å². The molecular formula is C20H21F2N3O6S. The number of nitrogens with two attached hydrogens (primary N) is 2. The van der Waals surface area contributed by atoms with Gasteiger partial charge in [-0.25, -0.2) is 22.0 Å². The average molecular weight is 469 g/mol. The van der Waals surface area contributed by atoms with E-state index < -0.39 is 45.5 Å². The lowest BCUT2D eigenvalue weighted by Gasteiger charge is -2.16. The Bertz CT molecular complexity index is 1270. The predicted molar refractivity (Wildman–Crippen MR) is 110 cm³/mol. The average Bonchev–Trinajstić information content (AvgIpc) is 3.15. The lowest BCUT2D eigenvalue weighted by atomic mass is 10.0. The van der Waals surface area contributed by atoms with Crippen LogP contribution in [0.3, 0.4) is 0 Å². The number of nitrogens with one attached hydrogen (secondary N) is 1. The fraction of sp³-hybridized carbons (Fsp3) is 0.200. The highest BCUT2D eigenvalue weighted by Gasteiger charge is 2.39. The van der Waals surface area contributed by atoms with E-state index in [1.54, 1.807) is 13.8 Å². The molecule has 0 aliphatic rings. The van der Waals surface area contributed by atoms with Gasteiger partial charge < -0.3 is 26.7 Å². The number of benzene rings is 2. The van der Waals surface area contributed by atoms with Crippen molar-refractivity contribution in [3.8, 4) is 0 Å². The Hall–Kier alpha value is -3.35. The molecule has 0 fully saturated rings. The number of hydrogen-bond acceptors (Lipinski definition) is 6. The molecule has 32 heavy (non-hydrogen) atoms. The number of carboxylic acids is 1. The van der Waals surface area contributed by atoms with Crippen molar-refractivity contribution in [3.63, 3.8) is 0 Å². The molecule has 12 heteroatoms. The largest absolute Gasteiger partial charge is 0.479 e. The van der Waals surface area contributed by atoms with Gasteiger partial charge in [0.15, 0.2) is 11.6 Å². The summed E-state index contributed by atoms with van der Waals surface area (Å²) in [5.41, 5.74) is 8.89. The number of halogens is 2. The SMILES string of the molecule is Cc1cc(C)cc(S(=O)(=O)c2c[nH]c3ccc(F)c(F)c23)c1.NC(=O)[C@@](N)(CO)C(=O)O. The number of rotatable bonds is 5. The highest BCUT2D eigenvalue weighted by atomic mass is 32.2. The number of aromatic nitrogens is 1. The van der Waals surface area contributed by atoms with Gasteiger partial charge in [0.05, 0.1) is 21.8 Å². The highest BCUT2D eigenvalue weighted by Crippen LogP contribution is 2.31. The summed E-state index contributed by atoms with van der Waals surface area (Å²) in [5, 5.41) is 16.3. The first-order chi connectivity index (χ1) is 14.7. The van der Waals surface area contributed by atoms with Crippen LogP contribution < -0.4 is 11.5 Å². The number of sulfone groups is 1. The van der Waals surface area contributed by atoms with Crippen LogP contribution >= 0.6 is 0 Å². The second-order valence-electron chi connectivity index (χ2n) is 7.06. The summed E-state index contributed by atoms with van der Waals surface area (Å²) in [7, 11) is -3.94. The van der Waals surface area contributed by atoms with E-state index in [9.17, 15) is 26.8 Å². The number of carbonyl (C=O) groups excluding carboxylic acids is 1. The molecule has 0 radical (unpaired) electrons. The van der Waals surface area contributed by atoms with E-state index in [0.717, 1.165) is 17.2 Å². The molecule has 0 aliphatic carbocycles. The maximum Gasteiger partial charge on any atom is 0.335 e. The van der Waals surface area contributed by atoms with E-state index in [-0.39, 0.29) is 20.7 Å². The minimum absolute atomic E-state index is 0.0644. The monoisotopic (exact) mass is 469 g/mol. The van der Waals surface area contributed by atoms with E-state index in [1.807, 2.05) is 6.07 Å². The lowest BCUT2D eigenvalue weighted by Crippen LogP contribution is -2.60. The Morgan fingerprint density at radius 1 is 1.12 bits per heavy atom. The summed E-state index contributed by atoms with van der Waals surface area (Å²) >= 11 is 0. The van der Waals surface area contributed by atoms with E-state index in [1.165, 1.54) is 24.4 Å². The van der Waals surface area contributed by atoms with Gasteiger partial charge in [0.25, 0.3) is 5.91 Å². The second-order valence-corrected chi connectivity index (χ2v) is 8.98. The third-order valence-electron chi connectivity index (χ3n) is 4.57. The van der Waals surface area contributed by atoms with Crippen molar-refractivity contribution in [1.82, 2.24) is 4.98 Å². The number of aliphatic hydroxyl groups excluding tert-OH is 1. The third kappa shape index (κ3) is 4.61. The highest BCUT2D eigenvalue weighted by molar-refractivity contribution is 7.91. The fourth-order valence-corrected chi connectivity index (χ4v) is 4.42. The van der Waals surface area contributed by atoms with E-state index in [0.29, 0.717) is 0 Å². The molecule has 0 spiro atoms. The number of amides is 1. The molecule has 0 aliphatic heterocycles. The van der Waals surface area contributed by atoms with Crippen LogP contribution in [0.1, 0.15) is 11.1 Å². The smallest absolute Gasteiger partial charge is 0.335 e. The quantitative estimate of drug-likeness (QED) is 0.348. The minimum atomic E-state index is -3.94. The van der Waals surface area contributed by atoms with Crippen LogP contribution in [0.5, 0.6) is 0 Å². The number of carboxylic acid groups (broad SMARTS) is 1. The second kappa shape index (κ2) is 9.02. The van der Waals surface area contributed by atoms with E-state index in [4.69, 9.17) is 15.9 Å². The standard InChI is InChI=1S/C16H13F2NO2S.C4H8N2O4/c1-9-5-10(2)7-11(6-9)22(20,21)14-8-19-13-4-3-12(17)16(18)15(13)14;5-2(8)4(6,1-7)3(9)10/h3-8,19H,1-2H3;7H,1,6H2,(H2,5,8)(H,9,10)/t;4-/m.0/s1. The Labute approximate surface area is 181 Å². The van der Waals surface area contributed by atoms with Crippen molar-refractivity contribution < 1.29 is 37.0 Å². The number of H-pyrrole nitrogens is 1. The molecule has 3 rings (SSSR count). The van der Waals surface area contributed by atoms with Crippen LogP contribution in [0.4, 0.5) is 8.78 Å². The van der Waals surface area contributed by atoms with Gasteiger partial charge in [0.2, 0.25) is 15.4 Å². The molecule has 2 aromatic carbocycles. The summed E-state index contributed by atoms with van der Waals surface area (Å²) in [6.07, 6.45) is 1.19. The molecule has 3 aromatic rings. The normalized spacial score (nSPS) is 13.2. The van der Waals surface area contributed by atoms with Gasteiger partial charge in [0.1, 0.15) is 0 Å². The Balaban J connectivity index is 0.000000309. The molecule has 9 nitrogen and oxygen atoms in total. The first-order valence-corrected chi connectivity index (χ1v) is 10.5. The van der Waals surface area contributed by atoms with Crippen LogP contribution in [-0.4, -0.2) is 47.6 Å². The molecule has 7 N–H and O–H groups in total. The number of aryl methyl sites for hydroxylation is 2. The molecule has 0 unspecified atom stereocenters. The number of aliphatic hydroxyl groups is 1. The van der Waals surface area contributed by atoms with E-state index in [2.05, 4.69) is 10.7 Å². The molecule has 172 valence electrons. The van der Waals surface area contributed by atoms with Gasteiger partial charge in [-0.1, -0.05) is 6.07 Å². The maximum absolute atomic E-state index is 14.0. The van der Waals surface area contributed by atoms with Crippen LogP contribution in [-0.2, 0) is 19.4 Å². The van der Waals surface area contributed by atoms with Gasteiger partial charge in [-0.05, 0) is 49.2 Å². The minimum Gasteiger partial charge on any atom is -0.479 e. The number of fused-ring (bicyclic) bond motifs is 1. The van der Waals surface area contributed by atoms with Crippen molar-refractivity contribution in [2.75, 3.05) is 6.61 Å². The van der Waals surface area contributed by atoms with Crippen molar-refractivity contribution in [2.45, 2.75) is 29.2 Å². The first-order valence-electron chi connectivity index (χ1n) is 8.97. The predicted octanol–water partition coefficient (Wildman–Crippen LogP) is 1.14. The van der Waals surface area contributed by atoms with Crippen molar-refractivity contribution in [3.05, 3.63) is 59.3 Å².